The van der Waals surface area contributed by atoms with E-state index in [0.717, 1.165) is 46.2 Å². The summed E-state index contributed by atoms with van der Waals surface area (Å²) in [6.45, 7) is 2.15. The Morgan fingerprint density at radius 3 is 2.83 bits per heavy atom. The average Bonchev–Trinajstić information content (AvgIpc) is 3.45. The normalized spacial score (nSPS) is 17.4. The van der Waals surface area contributed by atoms with E-state index in [0.29, 0.717) is 17.1 Å². The Hall–Kier alpha value is -3.80. The summed E-state index contributed by atoms with van der Waals surface area (Å²) in [5.41, 5.74) is 5.17. The average molecular weight is 384 g/mol. The van der Waals surface area contributed by atoms with Crippen LogP contribution in [0, 0.1) is 0 Å². The number of aromatic amines is 2. The quantitative estimate of drug-likeness (QED) is 0.639. The van der Waals surface area contributed by atoms with Gasteiger partial charge in [-0.1, -0.05) is 13.3 Å². The molecule has 0 aliphatic carbocycles. The molecule has 0 saturated carbocycles. The number of nitrogens with zero attached hydrogens (tertiary/aromatic N) is 1. The maximum atomic E-state index is 12.4. The van der Waals surface area contributed by atoms with Crippen molar-refractivity contribution in [3.05, 3.63) is 81.7 Å². The molecule has 0 amide bonds. The number of allylic oxidation sites excluding steroid dienone is 4. The fraction of sp³-hybridized carbons (Fsp3) is 0.130. The maximum absolute atomic E-state index is 12.4. The molecule has 0 spiro atoms. The van der Waals surface area contributed by atoms with Crippen molar-refractivity contribution in [2.45, 2.75) is 19.8 Å². The standard InChI is InChI=1S/C23H20N4O2/c1-2-3-17-18-6-4-13(24-18)8-15-10-22(28)20(26-15)12-21-23(29)11-16(27-21)9-14-5-7-19(17)25-14/h4-12,24,26-28H,2-3H2,1H3. The minimum Gasteiger partial charge on any atom is -0.506 e. The molecule has 6 nitrogen and oxygen atoms in total. The second-order valence-electron chi connectivity index (χ2n) is 7.27. The van der Waals surface area contributed by atoms with E-state index in [1.54, 1.807) is 18.2 Å². The summed E-state index contributed by atoms with van der Waals surface area (Å²) in [5, 5.41) is 15.3. The van der Waals surface area contributed by atoms with Gasteiger partial charge in [0.2, 0.25) is 5.78 Å². The maximum Gasteiger partial charge on any atom is 0.204 e. The summed E-state index contributed by atoms with van der Waals surface area (Å²) in [7, 11) is 0. The number of aromatic hydroxyl groups is 1. The third kappa shape index (κ3) is 3.18. The lowest BCUT2D eigenvalue weighted by Crippen LogP contribution is -2.16. The van der Waals surface area contributed by atoms with Crippen molar-refractivity contribution in [2.24, 2.45) is 4.99 Å². The molecular formula is C23H20N4O2. The molecule has 0 unspecified atom stereocenters. The molecule has 6 heteroatoms. The number of H-pyrrole nitrogens is 2. The van der Waals surface area contributed by atoms with E-state index in [-0.39, 0.29) is 11.5 Å². The summed E-state index contributed by atoms with van der Waals surface area (Å²) in [4.78, 5) is 23.7. The summed E-state index contributed by atoms with van der Waals surface area (Å²) in [6.07, 6.45) is 12.8. The second kappa shape index (κ2) is 6.67. The highest BCUT2D eigenvalue weighted by atomic mass is 16.3. The van der Waals surface area contributed by atoms with Gasteiger partial charge >= 0.3 is 0 Å². The Labute approximate surface area is 167 Å². The Balaban J connectivity index is 1.75. The van der Waals surface area contributed by atoms with Crippen LogP contribution < -0.4 is 16.0 Å². The highest BCUT2D eigenvalue weighted by Gasteiger charge is 2.19. The van der Waals surface area contributed by atoms with Gasteiger partial charge in [0.05, 0.1) is 22.8 Å². The van der Waals surface area contributed by atoms with Crippen molar-refractivity contribution < 1.29 is 9.90 Å². The summed E-state index contributed by atoms with van der Waals surface area (Å²) in [5.74, 6) is -0.0503. The number of carbonyl (C=O) groups is 1. The molecule has 29 heavy (non-hydrogen) atoms. The molecule has 144 valence electrons. The number of aromatic nitrogens is 2. The zero-order valence-corrected chi connectivity index (χ0v) is 15.9. The first-order valence-electron chi connectivity index (χ1n) is 9.64. The first-order chi connectivity index (χ1) is 14.1. The van der Waals surface area contributed by atoms with Crippen molar-refractivity contribution in [1.82, 2.24) is 15.3 Å². The fourth-order valence-corrected chi connectivity index (χ4v) is 3.75. The van der Waals surface area contributed by atoms with Crippen molar-refractivity contribution >= 4 is 29.2 Å². The molecule has 0 atom stereocenters. The number of carbonyl (C=O) groups excluding carboxylic acids is 1. The van der Waals surface area contributed by atoms with E-state index >= 15 is 0 Å². The van der Waals surface area contributed by atoms with Gasteiger partial charge in [-0.3, -0.25) is 4.79 Å². The lowest BCUT2D eigenvalue weighted by atomic mass is 10.1. The van der Waals surface area contributed by atoms with Gasteiger partial charge in [-0.25, -0.2) is 4.99 Å². The Bertz CT molecular complexity index is 1310. The Morgan fingerprint density at radius 1 is 1.07 bits per heavy atom. The summed E-state index contributed by atoms with van der Waals surface area (Å²) in [6, 6.07) is 5.71. The number of nitrogens with one attached hydrogen (secondary N) is 3. The minimum absolute atomic E-state index is 0.0898. The van der Waals surface area contributed by atoms with E-state index < -0.39 is 0 Å². The molecule has 8 bridgehead atoms. The predicted molar refractivity (Wildman–Crippen MR) is 113 cm³/mol. The zero-order chi connectivity index (χ0) is 20.0. The number of ketones is 1. The largest absolute Gasteiger partial charge is 0.506 e. The minimum atomic E-state index is -0.140. The van der Waals surface area contributed by atoms with Crippen LogP contribution in [0.4, 0.5) is 0 Å². The smallest absolute Gasteiger partial charge is 0.204 e. The molecule has 3 aliphatic heterocycles. The van der Waals surface area contributed by atoms with Gasteiger partial charge in [-0.2, -0.15) is 0 Å². The van der Waals surface area contributed by atoms with Gasteiger partial charge in [0.1, 0.15) is 5.75 Å². The van der Waals surface area contributed by atoms with Gasteiger partial charge < -0.3 is 20.4 Å². The number of hydrogen-bond donors (Lipinski definition) is 4. The molecule has 4 N–H and O–H groups in total. The molecule has 3 aliphatic rings. The van der Waals surface area contributed by atoms with Crippen LogP contribution >= 0.6 is 0 Å². The lowest BCUT2D eigenvalue weighted by Gasteiger charge is -2.03. The molecule has 2 aromatic rings. The topological polar surface area (TPSA) is 93.3 Å². The highest BCUT2D eigenvalue weighted by Crippen LogP contribution is 2.24. The van der Waals surface area contributed by atoms with Gasteiger partial charge in [0.15, 0.2) is 0 Å². The van der Waals surface area contributed by atoms with Crippen molar-refractivity contribution in [2.75, 3.05) is 0 Å². The Kier molecular flexibility index (Phi) is 3.98. The number of hydrogen-bond acceptors (Lipinski definition) is 4. The van der Waals surface area contributed by atoms with Crippen LogP contribution in [-0.2, 0) is 4.79 Å². The molecule has 0 radical (unpaired) electrons. The van der Waals surface area contributed by atoms with Crippen molar-refractivity contribution in [1.29, 1.82) is 0 Å². The van der Waals surface area contributed by atoms with Gasteiger partial charge in [0, 0.05) is 39.8 Å². The molecule has 2 aromatic heterocycles. The Morgan fingerprint density at radius 2 is 1.97 bits per heavy atom. The highest BCUT2D eigenvalue weighted by molar-refractivity contribution is 6.26. The molecular weight excluding hydrogens is 364 g/mol. The first kappa shape index (κ1) is 17.3. The van der Waals surface area contributed by atoms with E-state index in [1.165, 1.54) is 0 Å². The number of rotatable bonds is 2. The zero-order valence-electron chi connectivity index (χ0n) is 15.9. The van der Waals surface area contributed by atoms with Gasteiger partial charge in [-0.15, -0.1) is 0 Å². The SMILES string of the molecule is CCCC1=c2ccc([nH]2)=Cc2cc(O)c([nH]2)C=C2NC(=CC2=O)C=C2C=CC1=N2. The second-order valence-corrected chi connectivity index (χ2v) is 7.27. The third-order valence-electron chi connectivity index (χ3n) is 5.09. The third-order valence-corrected chi connectivity index (χ3v) is 5.09. The van der Waals surface area contributed by atoms with E-state index in [2.05, 4.69) is 28.3 Å². The van der Waals surface area contributed by atoms with Crippen molar-refractivity contribution in [3.63, 3.8) is 0 Å². The van der Waals surface area contributed by atoms with Crippen LogP contribution in [0.1, 0.15) is 31.2 Å². The molecule has 5 heterocycles. The van der Waals surface area contributed by atoms with Crippen LogP contribution in [0.15, 0.2) is 64.6 Å². The van der Waals surface area contributed by atoms with Crippen LogP contribution in [0.2, 0.25) is 0 Å². The van der Waals surface area contributed by atoms with Gasteiger partial charge in [0.25, 0.3) is 0 Å². The predicted octanol–water partition coefficient (Wildman–Crippen LogP) is 2.13. The van der Waals surface area contributed by atoms with E-state index in [9.17, 15) is 9.90 Å². The monoisotopic (exact) mass is 384 g/mol. The summed E-state index contributed by atoms with van der Waals surface area (Å²) >= 11 is 0. The van der Waals surface area contributed by atoms with Gasteiger partial charge in [-0.05, 0) is 48.9 Å². The van der Waals surface area contributed by atoms with Crippen LogP contribution in [0.3, 0.4) is 0 Å². The molecule has 0 fully saturated rings. The number of fused-ring (bicyclic) bond motifs is 7. The molecule has 5 rings (SSSR count). The fourth-order valence-electron chi connectivity index (χ4n) is 3.75. The number of aliphatic imine (C=N–C) groups is 1. The lowest BCUT2D eigenvalue weighted by molar-refractivity contribution is -0.111. The van der Waals surface area contributed by atoms with E-state index in [1.807, 2.05) is 30.4 Å². The van der Waals surface area contributed by atoms with Crippen LogP contribution in [-0.4, -0.2) is 26.6 Å². The molecule has 0 saturated heterocycles. The van der Waals surface area contributed by atoms with E-state index in [4.69, 9.17) is 4.99 Å². The van der Waals surface area contributed by atoms with Crippen LogP contribution in [0.5, 0.6) is 5.75 Å². The van der Waals surface area contributed by atoms with Crippen LogP contribution in [0.25, 0.3) is 17.7 Å². The van der Waals surface area contributed by atoms with Crippen molar-refractivity contribution in [3.8, 4) is 5.75 Å². The summed E-state index contributed by atoms with van der Waals surface area (Å²) < 4.78 is 0. The first-order valence-corrected chi connectivity index (χ1v) is 9.64. The molecule has 0 aromatic carbocycles.